The third-order valence-electron chi connectivity index (χ3n) is 2.95. The lowest BCUT2D eigenvalue weighted by Gasteiger charge is -2.03. The van der Waals surface area contributed by atoms with Crippen LogP contribution in [0.1, 0.15) is 36.5 Å². The normalized spacial score (nSPS) is 12.2. The minimum atomic E-state index is -3.07. The predicted octanol–water partition coefficient (Wildman–Crippen LogP) is 3.04. The Labute approximate surface area is 116 Å². The highest BCUT2D eigenvalue weighted by Gasteiger charge is 2.05. The van der Waals surface area contributed by atoms with E-state index in [1.807, 2.05) is 19.1 Å². The molecule has 0 amide bonds. The van der Waals surface area contributed by atoms with E-state index >= 15 is 0 Å². The Morgan fingerprint density at radius 2 is 1.95 bits per heavy atom. The van der Waals surface area contributed by atoms with Crippen molar-refractivity contribution in [3.63, 3.8) is 0 Å². The van der Waals surface area contributed by atoms with Crippen molar-refractivity contribution in [2.45, 2.75) is 33.6 Å². The molecular formula is C15H23NO2S. The van der Waals surface area contributed by atoms with Gasteiger partial charge in [-0.2, -0.15) is 0 Å². The van der Waals surface area contributed by atoms with E-state index in [4.69, 9.17) is 0 Å². The van der Waals surface area contributed by atoms with Crippen LogP contribution in [0.3, 0.4) is 0 Å². The van der Waals surface area contributed by atoms with E-state index in [-0.39, 0.29) is 5.75 Å². The topological polar surface area (TPSA) is 46.2 Å². The third-order valence-corrected chi connectivity index (χ3v) is 4.54. The van der Waals surface area contributed by atoms with Gasteiger partial charge < -0.3 is 0 Å². The van der Waals surface area contributed by atoms with Crippen LogP contribution in [0.2, 0.25) is 0 Å². The largest absolute Gasteiger partial charge is 0.215 e. The first-order chi connectivity index (χ1) is 8.94. The molecule has 0 spiro atoms. The molecule has 0 heterocycles. The van der Waals surface area contributed by atoms with Gasteiger partial charge in [0.25, 0.3) is 0 Å². The standard InChI is InChI=1S/C15H23NO2S/c1-4-11-19(17,18)16-10-6-5-7-15-9-8-13(2)14(3)12-15/h5,7-9,12,16H,4,6,10-11H2,1-3H3/b7-5+. The lowest BCUT2D eigenvalue weighted by molar-refractivity contribution is 0.581. The molecule has 0 aliphatic heterocycles. The molecule has 0 saturated carbocycles. The Balaban J connectivity index is 2.40. The van der Waals surface area contributed by atoms with Crippen molar-refractivity contribution >= 4 is 16.1 Å². The summed E-state index contributed by atoms with van der Waals surface area (Å²) in [7, 11) is -3.07. The zero-order chi connectivity index (χ0) is 14.3. The Hall–Kier alpha value is -1.13. The zero-order valence-electron chi connectivity index (χ0n) is 11.9. The molecule has 1 aromatic rings. The highest BCUT2D eigenvalue weighted by atomic mass is 32.2. The summed E-state index contributed by atoms with van der Waals surface area (Å²) in [4.78, 5) is 0. The van der Waals surface area contributed by atoms with Gasteiger partial charge in [0.1, 0.15) is 0 Å². The zero-order valence-corrected chi connectivity index (χ0v) is 12.8. The van der Waals surface area contributed by atoms with Crippen LogP contribution in [0.25, 0.3) is 6.08 Å². The quantitative estimate of drug-likeness (QED) is 0.781. The number of benzene rings is 1. The molecule has 0 radical (unpaired) electrons. The van der Waals surface area contributed by atoms with E-state index in [0.717, 1.165) is 5.56 Å². The Morgan fingerprint density at radius 1 is 1.21 bits per heavy atom. The SMILES string of the molecule is CCCS(=O)(=O)NCC/C=C/c1ccc(C)c(C)c1. The van der Waals surface area contributed by atoms with Crippen LogP contribution in [0.4, 0.5) is 0 Å². The van der Waals surface area contributed by atoms with E-state index in [1.54, 1.807) is 0 Å². The number of hydrogen-bond donors (Lipinski definition) is 1. The fraction of sp³-hybridized carbons (Fsp3) is 0.467. The van der Waals surface area contributed by atoms with Crippen LogP contribution in [-0.4, -0.2) is 20.7 Å². The van der Waals surface area contributed by atoms with E-state index < -0.39 is 10.0 Å². The van der Waals surface area contributed by atoms with Gasteiger partial charge >= 0.3 is 0 Å². The van der Waals surface area contributed by atoms with Crippen molar-refractivity contribution in [1.29, 1.82) is 0 Å². The molecule has 1 aromatic carbocycles. The molecule has 0 saturated heterocycles. The lowest BCUT2D eigenvalue weighted by atomic mass is 10.1. The van der Waals surface area contributed by atoms with E-state index in [9.17, 15) is 8.42 Å². The van der Waals surface area contributed by atoms with E-state index in [2.05, 4.69) is 36.8 Å². The second-order valence-corrected chi connectivity index (χ2v) is 6.67. The fourth-order valence-electron chi connectivity index (χ4n) is 1.73. The molecule has 106 valence electrons. The minimum absolute atomic E-state index is 0.202. The monoisotopic (exact) mass is 281 g/mol. The van der Waals surface area contributed by atoms with Crippen molar-refractivity contribution in [3.05, 3.63) is 41.0 Å². The van der Waals surface area contributed by atoms with Crippen LogP contribution in [0, 0.1) is 13.8 Å². The molecule has 1 rings (SSSR count). The first-order valence-electron chi connectivity index (χ1n) is 6.66. The number of rotatable bonds is 7. The van der Waals surface area contributed by atoms with Crippen molar-refractivity contribution in [2.75, 3.05) is 12.3 Å². The van der Waals surface area contributed by atoms with E-state index in [1.165, 1.54) is 11.1 Å². The summed E-state index contributed by atoms with van der Waals surface area (Å²) in [5.41, 5.74) is 3.70. The van der Waals surface area contributed by atoms with Gasteiger partial charge in [-0.1, -0.05) is 37.3 Å². The van der Waals surface area contributed by atoms with Crippen LogP contribution >= 0.6 is 0 Å². The minimum Gasteiger partial charge on any atom is -0.215 e. The maximum atomic E-state index is 11.4. The van der Waals surface area contributed by atoms with Gasteiger partial charge in [0, 0.05) is 6.54 Å². The molecule has 0 unspecified atom stereocenters. The van der Waals surface area contributed by atoms with Crippen molar-refractivity contribution in [3.8, 4) is 0 Å². The Morgan fingerprint density at radius 3 is 2.58 bits per heavy atom. The average molecular weight is 281 g/mol. The molecule has 0 atom stereocenters. The van der Waals surface area contributed by atoms with Crippen molar-refractivity contribution in [1.82, 2.24) is 4.72 Å². The third kappa shape index (κ3) is 6.03. The summed E-state index contributed by atoms with van der Waals surface area (Å²) in [5, 5.41) is 0. The maximum Gasteiger partial charge on any atom is 0.211 e. The first kappa shape index (κ1) is 15.9. The second kappa shape index (κ2) is 7.46. The molecule has 0 fully saturated rings. The molecule has 19 heavy (non-hydrogen) atoms. The number of sulfonamides is 1. The van der Waals surface area contributed by atoms with Gasteiger partial charge in [-0.3, -0.25) is 0 Å². The molecular weight excluding hydrogens is 258 g/mol. The lowest BCUT2D eigenvalue weighted by Crippen LogP contribution is -2.26. The Kier molecular flexibility index (Phi) is 6.25. The summed E-state index contributed by atoms with van der Waals surface area (Å²) in [6.07, 6.45) is 5.38. The van der Waals surface area contributed by atoms with Gasteiger partial charge in [0.05, 0.1) is 5.75 Å². The average Bonchev–Trinajstić information content (AvgIpc) is 2.33. The summed E-state index contributed by atoms with van der Waals surface area (Å²) >= 11 is 0. The van der Waals surface area contributed by atoms with Gasteiger partial charge in [-0.25, -0.2) is 13.1 Å². The maximum absolute atomic E-state index is 11.4. The number of nitrogens with one attached hydrogen (secondary N) is 1. The predicted molar refractivity (Wildman–Crippen MR) is 81.6 cm³/mol. The molecule has 4 heteroatoms. The molecule has 0 aliphatic rings. The highest BCUT2D eigenvalue weighted by Crippen LogP contribution is 2.11. The van der Waals surface area contributed by atoms with Gasteiger partial charge in [-0.15, -0.1) is 0 Å². The second-order valence-electron chi connectivity index (χ2n) is 4.75. The Bertz CT molecular complexity index is 533. The van der Waals surface area contributed by atoms with Crippen LogP contribution < -0.4 is 4.72 Å². The van der Waals surface area contributed by atoms with Crippen LogP contribution in [0.15, 0.2) is 24.3 Å². The van der Waals surface area contributed by atoms with Crippen molar-refractivity contribution in [2.24, 2.45) is 0 Å². The van der Waals surface area contributed by atoms with Gasteiger partial charge in [-0.05, 0) is 43.4 Å². The smallest absolute Gasteiger partial charge is 0.211 e. The summed E-state index contributed by atoms with van der Waals surface area (Å²) < 4.78 is 25.4. The fourth-order valence-corrected chi connectivity index (χ4v) is 2.84. The van der Waals surface area contributed by atoms with Crippen LogP contribution in [0.5, 0.6) is 0 Å². The van der Waals surface area contributed by atoms with Crippen LogP contribution in [-0.2, 0) is 10.0 Å². The summed E-state index contributed by atoms with van der Waals surface area (Å²) in [6, 6.07) is 6.30. The number of hydrogen-bond acceptors (Lipinski definition) is 2. The van der Waals surface area contributed by atoms with E-state index in [0.29, 0.717) is 19.4 Å². The van der Waals surface area contributed by atoms with Crippen molar-refractivity contribution < 1.29 is 8.42 Å². The summed E-state index contributed by atoms with van der Waals surface area (Å²) in [5.74, 6) is 0.202. The molecule has 0 bridgehead atoms. The van der Waals surface area contributed by atoms with Gasteiger partial charge in [0.15, 0.2) is 0 Å². The molecule has 1 N–H and O–H groups in total. The number of aryl methyl sites for hydroxylation is 2. The summed E-state index contributed by atoms with van der Waals surface area (Å²) in [6.45, 7) is 6.50. The van der Waals surface area contributed by atoms with Gasteiger partial charge in [0.2, 0.25) is 10.0 Å². The molecule has 0 aliphatic carbocycles. The molecule has 3 nitrogen and oxygen atoms in total. The highest BCUT2D eigenvalue weighted by molar-refractivity contribution is 7.89. The first-order valence-corrected chi connectivity index (χ1v) is 8.31. The molecule has 0 aromatic heterocycles.